The Bertz CT molecular complexity index is 1550. The van der Waals surface area contributed by atoms with Gasteiger partial charge < -0.3 is 20.4 Å². The predicted octanol–water partition coefficient (Wildman–Crippen LogP) is 4.07. The van der Waals surface area contributed by atoms with Crippen LogP contribution in [0.1, 0.15) is 11.3 Å². The molecule has 6 rings (SSSR count). The van der Waals surface area contributed by atoms with Crippen molar-refractivity contribution in [1.29, 1.82) is 0 Å². The van der Waals surface area contributed by atoms with Crippen LogP contribution in [0.25, 0.3) is 6.08 Å². The highest BCUT2D eigenvalue weighted by molar-refractivity contribution is 7.92. The van der Waals surface area contributed by atoms with Crippen molar-refractivity contribution in [3.05, 3.63) is 65.6 Å². The van der Waals surface area contributed by atoms with Crippen LogP contribution in [0, 0.1) is 17.7 Å². The SMILES string of the molecule is CN1C[C@@H]2CN(c3ccc(Nc4nc5c(c(Nc6ccccc6N(C)S(C)(=O)=O)n4)C=CC5)cc3F)C[C@@H]2C1. The minimum atomic E-state index is -3.46. The Morgan fingerprint density at radius 2 is 1.77 bits per heavy atom. The van der Waals surface area contributed by atoms with Crippen LogP contribution in [-0.2, 0) is 16.4 Å². The van der Waals surface area contributed by atoms with Crippen molar-refractivity contribution >= 4 is 50.6 Å². The minimum Gasteiger partial charge on any atom is -0.368 e. The summed E-state index contributed by atoms with van der Waals surface area (Å²) in [6.07, 6.45) is 5.75. The molecule has 3 aliphatic rings. The van der Waals surface area contributed by atoms with E-state index in [1.165, 1.54) is 17.4 Å². The van der Waals surface area contributed by atoms with E-state index in [9.17, 15) is 8.42 Å². The fraction of sp³-hybridized carbons (Fsp3) is 0.357. The summed E-state index contributed by atoms with van der Waals surface area (Å²) < 4.78 is 40.9. The van der Waals surface area contributed by atoms with Crippen LogP contribution in [0.2, 0.25) is 0 Å². The fourth-order valence-electron chi connectivity index (χ4n) is 5.84. The van der Waals surface area contributed by atoms with Gasteiger partial charge in [0.15, 0.2) is 0 Å². The van der Waals surface area contributed by atoms with Crippen molar-refractivity contribution in [3.63, 3.8) is 0 Å². The Morgan fingerprint density at radius 3 is 2.49 bits per heavy atom. The third-order valence-corrected chi connectivity index (χ3v) is 9.02. The number of hydrogen-bond donors (Lipinski definition) is 2. The van der Waals surface area contributed by atoms with E-state index in [2.05, 4.69) is 37.4 Å². The number of fused-ring (bicyclic) bond motifs is 2. The second-order valence-corrected chi connectivity index (χ2v) is 12.7. The molecule has 0 bridgehead atoms. The first-order valence-corrected chi connectivity index (χ1v) is 14.9. The summed E-state index contributed by atoms with van der Waals surface area (Å²) in [6, 6.07) is 12.3. The molecule has 2 N–H and O–H groups in total. The zero-order valence-electron chi connectivity index (χ0n) is 22.2. The number of benzene rings is 2. The van der Waals surface area contributed by atoms with Gasteiger partial charge >= 0.3 is 0 Å². The summed E-state index contributed by atoms with van der Waals surface area (Å²) in [5.74, 6) is 1.78. The van der Waals surface area contributed by atoms with E-state index in [0.29, 0.717) is 52.8 Å². The van der Waals surface area contributed by atoms with Gasteiger partial charge in [-0.25, -0.2) is 17.8 Å². The minimum absolute atomic E-state index is 0.271. The smallest absolute Gasteiger partial charge is 0.232 e. The van der Waals surface area contributed by atoms with Crippen LogP contribution in [0.4, 0.5) is 38.9 Å². The number of aromatic nitrogens is 2. The molecule has 1 aliphatic carbocycles. The number of nitrogens with zero attached hydrogens (tertiary/aromatic N) is 5. The van der Waals surface area contributed by atoms with Gasteiger partial charge in [0.25, 0.3) is 0 Å². The second-order valence-electron chi connectivity index (χ2n) is 10.7. The first kappa shape index (κ1) is 25.6. The topological polar surface area (TPSA) is 93.7 Å². The van der Waals surface area contributed by atoms with Crippen molar-refractivity contribution in [2.45, 2.75) is 6.42 Å². The van der Waals surface area contributed by atoms with Crippen LogP contribution in [0.3, 0.4) is 0 Å². The number of rotatable bonds is 7. The lowest BCUT2D eigenvalue weighted by Gasteiger charge is -2.22. The van der Waals surface area contributed by atoms with Crippen LogP contribution < -0.4 is 19.8 Å². The lowest BCUT2D eigenvalue weighted by atomic mass is 10.0. The predicted molar refractivity (Wildman–Crippen MR) is 154 cm³/mol. The van der Waals surface area contributed by atoms with E-state index < -0.39 is 10.0 Å². The van der Waals surface area contributed by atoms with Gasteiger partial charge in [-0.15, -0.1) is 0 Å². The molecule has 11 heteroatoms. The number of allylic oxidation sites excluding steroid dienone is 1. The highest BCUT2D eigenvalue weighted by Crippen LogP contribution is 2.36. The van der Waals surface area contributed by atoms with E-state index in [-0.39, 0.29) is 5.82 Å². The number of sulfonamides is 1. The van der Waals surface area contributed by atoms with Gasteiger partial charge in [0.1, 0.15) is 11.6 Å². The Hall–Kier alpha value is -3.70. The summed E-state index contributed by atoms with van der Waals surface area (Å²) in [5, 5.41) is 6.46. The summed E-state index contributed by atoms with van der Waals surface area (Å²) in [7, 11) is 0.201. The summed E-state index contributed by atoms with van der Waals surface area (Å²) in [4.78, 5) is 13.9. The van der Waals surface area contributed by atoms with Crippen molar-refractivity contribution in [2.75, 3.05) is 66.4 Å². The molecule has 3 aromatic rings. The van der Waals surface area contributed by atoms with E-state index in [1.54, 1.807) is 18.2 Å². The van der Waals surface area contributed by atoms with Crippen molar-refractivity contribution < 1.29 is 12.8 Å². The van der Waals surface area contributed by atoms with Crippen LogP contribution in [0.5, 0.6) is 0 Å². The summed E-state index contributed by atoms with van der Waals surface area (Å²) in [6.45, 7) is 3.89. The maximum Gasteiger partial charge on any atom is 0.232 e. The molecule has 0 saturated carbocycles. The normalized spacial score (nSPS) is 20.3. The first-order chi connectivity index (χ1) is 18.7. The average molecular weight is 550 g/mol. The van der Waals surface area contributed by atoms with Gasteiger partial charge in [-0.05, 0) is 49.2 Å². The Labute approximate surface area is 228 Å². The Morgan fingerprint density at radius 1 is 1.03 bits per heavy atom. The Balaban J connectivity index is 1.24. The molecule has 2 aromatic carbocycles. The number of nitrogens with one attached hydrogen (secondary N) is 2. The molecular weight excluding hydrogens is 517 g/mol. The molecule has 9 nitrogen and oxygen atoms in total. The van der Waals surface area contributed by atoms with E-state index >= 15 is 4.39 Å². The molecule has 1 aromatic heterocycles. The third kappa shape index (κ3) is 5.04. The molecule has 0 unspecified atom stereocenters. The molecule has 39 heavy (non-hydrogen) atoms. The molecule has 0 amide bonds. The number of anilines is 6. The van der Waals surface area contributed by atoms with Crippen LogP contribution in [-0.4, -0.2) is 69.8 Å². The molecule has 2 fully saturated rings. The molecule has 0 spiro atoms. The van der Waals surface area contributed by atoms with Gasteiger partial charge in [-0.3, -0.25) is 4.31 Å². The zero-order valence-corrected chi connectivity index (χ0v) is 23.0. The standard InChI is InChI=1S/C28H32FN7O2S/c1-34-14-18-16-36(17-19(18)15-34)25-12-11-20(13-22(25)29)30-28-32-23-9-6-7-21(23)27(33-28)31-24-8-4-5-10-26(24)35(2)39(3,37)38/h4-8,10-13,18-19H,9,14-17H2,1-3H3,(H2,30,31,32,33)/t18-,19+. The molecule has 2 aliphatic heterocycles. The first-order valence-electron chi connectivity index (χ1n) is 13.0. The fourth-order valence-corrected chi connectivity index (χ4v) is 6.36. The van der Waals surface area contributed by atoms with Crippen molar-refractivity contribution in [1.82, 2.24) is 14.9 Å². The highest BCUT2D eigenvalue weighted by atomic mass is 32.2. The molecular formula is C28H32FN7O2S. The van der Waals surface area contributed by atoms with Crippen molar-refractivity contribution in [2.24, 2.45) is 11.8 Å². The van der Waals surface area contributed by atoms with E-state index in [0.717, 1.165) is 43.7 Å². The maximum absolute atomic E-state index is 15.3. The molecule has 204 valence electrons. The third-order valence-electron chi connectivity index (χ3n) is 7.83. The lowest BCUT2D eigenvalue weighted by molar-refractivity contribution is 0.386. The maximum atomic E-state index is 15.3. The number of halogens is 1. The highest BCUT2D eigenvalue weighted by Gasteiger charge is 2.39. The molecule has 2 atom stereocenters. The molecule has 0 radical (unpaired) electrons. The summed E-state index contributed by atoms with van der Waals surface area (Å²) >= 11 is 0. The average Bonchev–Trinajstić information content (AvgIpc) is 3.58. The van der Waals surface area contributed by atoms with Crippen molar-refractivity contribution in [3.8, 4) is 0 Å². The molecule has 2 saturated heterocycles. The van der Waals surface area contributed by atoms with Gasteiger partial charge in [0.2, 0.25) is 16.0 Å². The monoisotopic (exact) mass is 549 g/mol. The zero-order chi connectivity index (χ0) is 27.3. The van der Waals surface area contributed by atoms with Gasteiger partial charge in [0, 0.05) is 50.9 Å². The van der Waals surface area contributed by atoms with Gasteiger partial charge in [0.05, 0.1) is 29.0 Å². The van der Waals surface area contributed by atoms with Gasteiger partial charge in [-0.2, -0.15) is 4.98 Å². The second kappa shape index (κ2) is 9.80. The quantitative estimate of drug-likeness (QED) is 0.456. The number of likely N-dealkylation sites (tertiary alicyclic amines) is 1. The lowest BCUT2D eigenvalue weighted by Crippen LogP contribution is -2.27. The number of para-hydroxylation sites is 2. The Kier molecular flexibility index (Phi) is 6.43. The van der Waals surface area contributed by atoms with Crippen LogP contribution >= 0.6 is 0 Å². The largest absolute Gasteiger partial charge is 0.368 e. The van der Waals surface area contributed by atoms with Crippen LogP contribution in [0.15, 0.2) is 48.5 Å². The summed E-state index contributed by atoms with van der Waals surface area (Å²) in [5.41, 5.74) is 3.95. The van der Waals surface area contributed by atoms with E-state index in [1.807, 2.05) is 30.4 Å². The van der Waals surface area contributed by atoms with Gasteiger partial charge in [-0.1, -0.05) is 24.3 Å². The van der Waals surface area contributed by atoms with E-state index in [4.69, 9.17) is 0 Å². The molecule has 3 heterocycles. The number of hydrogen-bond acceptors (Lipinski definition) is 8.